The van der Waals surface area contributed by atoms with Gasteiger partial charge in [0.1, 0.15) is 17.3 Å². The van der Waals surface area contributed by atoms with Crippen LogP contribution < -0.4 is 9.47 Å². The van der Waals surface area contributed by atoms with E-state index >= 15 is 0 Å². The summed E-state index contributed by atoms with van der Waals surface area (Å²) in [5.74, 6) is 2.85. The van der Waals surface area contributed by atoms with E-state index in [1.807, 2.05) is 85.3 Å². The fourth-order valence-corrected chi connectivity index (χ4v) is 3.96. The number of furan rings is 1. The Morgan fingerprint density at radius 3 is 2.42 bits per heavy atom. The van der Waals surface area contributed by atoms with Crippen molar-refractivity contribution in [1.82, 2.24) is 14.7 Å². The Kier molecular flexibility index (Phi) is 8.78. The molecule has 0 fully saturated rings. The predicted octanol–water partition coefficient (Wildman–Crippen LogP) is 4.97. The minimum absolute atomic E-state index is 0.266. The van der Waals surface area contributed by atoms with Crippen LogP contribution >= 0.6 is 0 Å². The summed E-state index contributed by atoms with van der Waals surface area (Å²) < 4.78 is 24.6. The van der Waals surface area contributed by atoms with Crippen LogP contribution in [0.1, 0.15) is 23.9 Å². The van der Waals surface area contributed by atoms with Crippen LogP contribution in [0.25, 0.3) is 5.69 Å². The van der Waals surface area contributed by atoms with Crippen LogP contribution in [0.3, 0.4) is 0 Å². The highest BCUT2D eigenvalue weighted by molar-refractivity contribution is 5.44. The van der Waals surface area contributed by atoms with Gasteiger partial charge in [-0.3, -0.25) is 4.90 Å². The number of nitrogens with zero attached hydrogens (tertiary/aromatic N) is 3. The molecular weight excluding hydrogens is 458 g/mol. The van der Waals surface area contributed by atoms with Gasteiger partial charge in [0, 0.05) is 19.7 Å². The topological polar surface area (TPSA) is 82.1 Å². The van der Waals surface area contributed by atoms with Crippen LogP contribution in [0.2, 0.25) is 0 Å². The molecule has 0 bridgehead atoms. The van der Waals surface area contributed by atoms with E-state index < -0.39 is 6.10 Å². The quantitative estimate of drug-likeness (QED) is 0.283. The van der Waals surface area contributed by atoms with Gasteiger partial charge in [0.15, 0.2) is 0 Å². The number of aromatic nitrogens is 2. The van der Waals surface area contributed by atoms with Gasteiger partial charge in [-0.15, -0.1) is 0 Å². The van der Waals surface area contributed by atoms with Crippen LogP contribution in [-0.4, -0.2) is 52.8 Å². The molecule has 4 aromatic rings. The molecule has 0 aliphatic rings. The average Bonchev–Trinajstić information content (AvgIpc) is 3.52. The molecular formula is C28H33N3O5. The Morgan fingerprint density at radius 2 is 1.75 bits per heavy atom. The number of benzene rings is 2. The van der Waals surface area contributed by atoms with Gasteiger partial charge in [0.25, 0.3) is 0 Å². The summed E-state index contributed by atoms with van der Waals surface area (Å²) in [6.45, 7) is 6.12. The molecule has 0 aliphatic heterocycles. The molecule has 190 valence electrons. The van der Waals surface area contributed by atoms with E-state index in [4.69, 9.17) is 23.7 Å². The zero-order chi connectivity index (χ0) is 25.3. The monoisotopic (exact) mass is 491 g/mol. The lowest BCUT2D eigenvalue weighted by atomic mass is 10.2. The average molecular weight is 492 g/mol. The minimum Gasteiger partial charge on any atom is -0.497 e. The van der Waals surface area contributed by atoms with E-state index in [-0.39, 0.29) is 6.61 Å². The van der Waals surface area contributed by atoms with Crippen LogP contribution in [0.15, 0.2) is 77.4 Å². The first kappa shape index (κ1) is 25.5. The second-order valence-corrected chi connectivity index (χ2v) is 8.46. The van der Waals surface area contributed by atoms with Gasteiger partial charge in [0.2, 0.25) is 5.88 Å². The van der Waals surface area contributed by atoms with Crippen LogP contribution in [-0.2, 0) is 17.8 Å². The number of hydrogen-bond acceptors (Lipinski definition) is 7. The van der Waals surface area contributed by atoms with Crippen molar-refractivity contribution in [3.05, 3.63) is 90.0 Å². The van der Waals surface area contributed by atoms with E-state index in [1.165, 1.54) is 0 Å². The lowest BCUT2D eigenvalue weighted by molar-refractivity contribution is 0.0166. The molecule has 4 rings (SSSR count). The van der Waals surface area contributed by atoms with Crippen molar-refractivity contribution in [3.63, 3.8) is 0 Å². The highest BCUT2D eigenvalue weighted by Crippen LogP contribution is 2.32. The first-order valence-electron chi connectivity index (χ1n) is 12.0. The standard InChI is InChI=1S/C28H33N3O5/c1-4-34-20-23(32)17-30(18-26-11-8-16-35-26)19-27-21(2)29-31(22-9-6-5-7-10-22)28(27)36-25-14-12-24(33-3)13-15-25/h5-16,23,32H,4,17-20H2,1-3H3/t23-/m1/s1. The van der Waals surface area contributed by atoms with Crippen LogP contribution in [0, 0.1) is 6.92 Å². The van der Waals surface area contributed by atoms with E-state index in [9.17, 15) is 5.11 Å². The zero-order valence-electron chi connectivity index (χ0n) is 21.0. The summed E-state index contributed by atoms with van der Waals surface area (Å²) in [5, 5.41) is 15.4. The van der Waals surface area contributed by atoms with E-state index in [0.29, 0.717) is 37.9 Å². The molecule has 0 saturated carbocycles. The Labute approximate surface area is 211 Å². The van der Waals surface area contributed by atoms with Crippen molar-refractivity contribution in [2.45, 2.75) is 33.0 Å². The normalized spacial score (nSPS) is 12.1. The highest BCUT2D eigenvalue weighted by atomic mass is 16.5. The highest BCUT2D eigenvalue weighted by Gasteiger charge is 2.23. The second-order valence-electron chi connectivity index (χ2n) is 8.46. The minimum atomic E-state index is -0.643. The molecule has 0 unspecified atom stereocenters. The lowest BCUT2D eigenvalue weighted by Crippen LogP contribution is -2.34. The van der Waals surface area contributed by atoms with Crippen molar-refractivity contribution < 1.29 is 23.7 Å². The summed E-state index contributed by atoms with van der Waals surface area (Å²) in [6.07, 6.45) is 1.01. The molecule has 0 aliphatic carbocycles. The molecule has 2 heterocycles. The SMILES string of the molecule is CCOC[C@H](O)CN(Cc1ccco1)Cc1c(C)nn(-c2ccccc2)c1Oc1ccc(OC)cc1. The number of aliphatic hydroxyl groups is 1. The number of methoxy groups -OCH3 is 1. The third kappa shape index (κ3) is 6.54. The van der Waals surface area contributed by atoms with Crippen LogP contribution in [0.4, 0.5) is 0 Å². The second kappa shape index (κ2) is 12.4. The van der Waals surface area contributed by atoms with Gasteiger partial charge < -0.3 is 23.7 Å². The van der Waals surface area contributed by atoms with Crippen molar-refractivity contribution in [2.24, 2.45) is 0 Å². The van der Waals surface area contributed by atoms with Gasteiger partial charge in [-0.1, -0.05) is 18.2 Å². The van der Waals surface area contributed by atoms with E-state index in [1.54, 1.807) is 13.4 Å². The number of hydrogen-bond donors (Lipinski definition) is 1. The number of rotatable bonds is 13. The maximum atomic E-state index is 10.6. The Hall–Kier alpha value is -3.59. The van der Waals surface area contributed by atoms with Crippen molar-refractivity contribution in [3.8, 4) is 23.1 Å². The molecule has 1 N–H and O–H groups in total. The Bertz CT molecular complexity index is 1190. The van der Waals surface area contributed by atoms with Gasteiger partial charge in [0.05, 0.1) is 49.6 Å². The maximum Gasteiger partial charge on any atom is 0.227 e. The fraction of sp³-hybridized carbons (Fsp3) is 0.321. The molecule has 0 spiro atoms. The van der Waals surface area contributed by atoms with Gasteiger partial charge in [-0.2, -0.15) is 5.10 Å². The largest absolute Gasteiger partial charge is 0.497 e. The molecule has 36 heavy (non-hydrogen) atoms. The summed E-state index contributed by atoms with van der Waals surface area (Å²) in [4.78, 5) is 2.11. The number of aryl methyl sites for hydroxylation is 1. The summed E-state index contributed by atoms with van der Waals surface area (Å²) in [6, 6.07) is 21.1. The van der Waals surface area contributed by atoms with E-state index in [0.717, 1.165) is 28.5 Å². The molecule has 8 nitrogen and oxygen atoms in total. The molecule has 8 heteroatoms. The molecule has 0 saturated heterocycles. The molecule has 2 aromatic carbocycles. The van der Waals surface area contributed by atoms with Gasteiger partial charge >= 0.3 is 0 Å². The van der Waals surface area contributed by atoms with Crippen molar-refractivity contribution >= 4 is 0 Å². The third-order valence-electron chi connectivity index (χ3n) is 5.74. The third-order valence-corrected chi connectivity index (χ3v) is 5.74. The fourth-order valence-electron chi connectivity index (χ4n) is 3.96. The van der Waals surface area contributed by atoms with E-state index in [2.05, 4.69) is 4.90 Å². The zero-order valence-corrected chi connectivity index (χ0v) is 21.0. The first-order valence-corrected chi connectivity index (χ1v) is 12.0. The summed E-state index contributed by atoms with van der Waals surface area (Å²) in [7, 11) is 1.63. The molecule has 2 aromatic heterocycles. The predicted molar refractivity (Wildman–Crippen MR) is 137 cm³/mol. The molecule has 0 amide bonds. The van der Waals surface area contributed by atoms with Crippen molar-refractivity contribution in [2.75, 3.05) is 26.9 Å². The summed E-state index contributed by atoms with van der Waals surface area (Å²) >= 11 is 0. The maximum absolute atomic E-state index is 10.6. The summed E-state index contributed by atoms with van der Waals surface area (Å²) in [5.41, 5.74) is 2.65. The smallest absolute Gasteiger partial charge is 0.227 e. The number of para-hydroxylation sites is 1. The van der Waals surface area contributed by atoms with Crippen molar-refractivity contribution in [1.29, 1.82) is 0 Å². The van der Waals surface area contributed by atoms with Gasteiger partial charge in [-0.25, -0.2) is 4.68 Å². The lowest BCUT2D eigenvalue weighted by Gasteiger charge is -2.24. The van der Waals surface area contributed by atoms with Gasteiger partial charge in [-0.05, 0) is 62.4 Å². The van der Waals surface area contributed by atoms with Crippen LogP contribution in [0.5, 0.6) is 17.4 Å². The molecule has 0 radical (unpaired) electrons. The first-order chi connectivity index (χ1) is 17.6. The number of ether oxygens (including phenoxy) is 3. The number of aliphatic hydroxyl groups excluding tert-OH is 1. The Balaban J connectivity index is 1.68. The molecule has 1 atom stereocenters. The Morgan fingerprint density at radius 1 is 1.00 bits per heavy atom.